The van der Waals surface area contributed by atoms with Crippen molar-refractivity contribution in [2.75, 3.05) is 24.7 Å². The summed E-state index contributed by atoms with van der Waals surface area (Å²) >= 11 is 3.13. The van der Waals surface area contributed by atoms with E-state index in [9.17, 15) is 0 Å². The number of anilines is 1. The molecule has 0 saturated carbocycles. The van der Waals surface area contributed by atoms with Crippen LogP contribution in [-0.2, 0) is 0 Å². The second-order valence-electron chi connectivity index (χ2n) is 3.46. The molecule has 7 heteroatoms. The molecule has 0 spiro atoms. The van der Waals surface area contributed by atoms with E-state index in [0.717, 1.165) is 21.0 Å². The molecule has 0 aliphatic heterocycles. The van der Waals surface area contributed by atoms with Crippen molar-refractivity contribution in [3.8, 4) is 11.8 Å². The minimum absolute atomic E-state index is 0.588. The first-order valence-corrected chi connectivity index (χ1v) is 7.39. The molecule has 19 heavy (non-hydrogen) atoms. The van der Waals surface area contributed by atoms with Crippen LogP contribution in [0.15, 0.2) is 28.6 Å². The summed E-state index contributed by atoms with van der Waals surface area (Å²) < 4.78 is 6.49. The molecule has 5 nitrogen and oxygen atoms in total. The number of rotatable bonds is 6. The number of aromatic nitrogens is 2. The second kappa shape index (κ2) is 6.97. The van der Waals surface area contributed by atoms with Crippen molar-refractivity contribution in [1.82, 2.24) is 10.2 Å². The Morgan fingerprint density at radius 1 is 1.37 bits per heavy atom. The zero-order valence-electron chi connectivity index (χ0n) is 10.3. The van der Waals surface area contributed by atoms with Crippen LogP contribution in [0.25, 0.3) is 0 Å². The molecule has 0 unspecified atom stereocenters. The molecule has 1 heterocycles. The number of nitriles is 1. The number of ether oxygens (including phenoxy) is 1. The summed E-state index contributed by atoms with van der Waals surface area (Å²) in [5, 5.41) is 20.4. The quantitative estimate of drug-likeness (QED) is 0.652. The smallest absolute Gasteiger partial charge is 0.206 e. The molecule has 0 amide bonds. The summed E-state index contributed by atoms with van der Waals surface area (Å²) in [7, 11) is 1.82. The molecule has 2 rings (SSSR count). The lowest BCUT2D eigenvalue weighted by atomic mass is 10.2. The predicted octanol–water partition coefficient (Wildman–Crippen LogP) is 2.62. The highest BCUT2D eigenvalue weighted by atomic mass is 32.2. The molecule has 1 aromatic heterocycles. The minimum atomic E-state index is 0.588. The number of nitrogens with zero attached hydrogens (tertiary/aromatic N) is 3. The standard InChI is InChI=1S/C12H12N4OS2/c1-14-11-15-16-12(19-11)18-7-6-17-10-4-2-9(8-13)3-5-10/h2-5H,6-7H2,1H3,(H,14,15). The summed E-state index contributed by atoms with van der Waals surface area (Å²) in [6.45, 7) is 0.588. The number of thioether (sulfide) groups is 1. The lowest BCUT2D eigenvalue weighted by Crippen LogP contribution is -1.99. The highest BCUT2D eigenvalue weighted by Gasteiger charge is 2.03. The number of nitrogens with one attached hydrogen (secondary N) is 1. The molecular formula is C12H12N4OS2. The fourth-order valence-corrected chi connectivity index (χ4v) is 2.88. The van der Waals surface area contributed by atoms with Gasteiger partial charge in [0.1, 0.15) is 5.75 Å². The molecular weight excluding hydrogens is 280 g/mol. The van der Waals surface area contributed by atoms with Crippen molar-refractivity contribution in [2.45, 2.75) is 4.34 Å². The van der Waals surface area contributed by atoms with Gasteiger partial charge in [0, 0.05) is 12.8 Å². The van der Waals surface area contributed by atoms with Gasteiger partial charge in [-0.2, -0.15) is 5.26 Å². The third-order valence-corrected chi connectivity index (χ3v) is 4.22. The third kappa shape index (κ3) is 4.12. The molecule has 0 saturated heterocycles. The van der Waals surface area contributed by atoms with Gasteiger partial charge in [-0.3, -0.25) is 0 Å². The van der Waals surface area contributed by atoms with Crippen molar-refractivity contribution in [1.29, 1.82) is 5.26 Å². The van der Waals surface area contributed by atoms with Gasteiger partial charge in [0.2, 0.25) is 5.13 Å². The first kappa shape index (κ1) is 13.6. The van der Waals surface area contributed by atoms with E-state index < -0.39 is 0 Å². The zero-order chi connectivity index (χ0) is 13.5. The fourth-order valence-electron chi connectivity index (χ4n) is 1.28. The molecule has 1 N–H and O–H groups in total. The third-order valence-electron chi connectivity index (χ3n) is 2.18. The van der Waals surface area contributed by atoms with Crippen LogP contribution in [0.3, 0.4) is 0 Å². The number of benzene rings is 1. The van der Waals surface area contributed by atoms with E-state index in [1.54, 1.807) is 36.0 Å². The molecule has 0 aliphatic rings. The van der Waals surface area contributed by atoms with E-state index in [2.05, 4.69) is 21.6 Å². The Morgan fingerprint density at radius 2 is 2.16 bits per heavy atom. The Morgan fingerprint density at radius 3 is 2.79 bits per heavy atom. The molecule has 2 aromatic rings. The second-order valence-corrected chi connectivity index (χ2v) is 5.78. The van der Waals surface area contributed by atoms with Crippen LogP contribution in [0, 0.1) is 11.3 Å². The molecule has 0 bridgehead atoms. The van der Waals surface area contributed by atoms with Crippen molar-refractivity contribution in [3.63, 3.8) is 0 Å². The average molecular weight is 292 g/mol. The van der Waals surface area contributed by atoms with Gasteiger partial charge < -0.3 is 10.1 Å². The molecule has 0 aliphatic carbocycles. The van der Waals surface area contributed by atoms with Crippen LogP contribution in [-0.4, -0.2) is 29.6 Å². The Balaban J connectivity index is 1.72. The van der Waals surface area contributed by atoms with Crippen LogP contribution >= 0.6 is 23.1 Å². The largest absolute Gasteiger partial charge is 0.493 e. The fraction of sp³-hybridized carbons (Fsp3) is 0.250. The predicted molar refractivity (Wildman–Crippen MR) is 76.8 cm³/mol. The molecule has 1 aromatic carbocycles. The topological polar surface area (TPSA) is 70.8 Å². The van der Waals surface area contributed by atoms with E-state index in [-0.39, 0.29) is 0 Å². The van der Waals surface area contributed by atoms with Crippen molar-refractivity contribution in [3.05, 3.63) is 29.8 Å². The maximum absolute atomic E-state index is 8.68. The Hall–Kier alpha value is -1.78. The van der Waals surface area contributed by atoms with Gasteiger partial charge in [-0.25, -0.2) is 0 Å². The van der Waals surface area contributed by atoms with Gasteiger partial charge in [-0.15, -0.1) is 10.2 Å². The maximum Gasteiger partial charge on any atom is 0.206 e. The van der Waals surface area contributed by atoms with Crippen LogP contribution in [0.5, 0.6) is 5.75 Å². The Kier molecular flexibility index (Phi) is 5.01. The number of hydrogen-bond acceptors (Lipinski definition) is 7. The van der Waals surface area contributed by atoms with Crippen molar-refractivity contribution >= 4 is 28.2 Å². The van der Waals surface area contributed by atoms with Crippen LogP contribution in [0.2, 0.25) is 0 Å². The molecule has 0 radical (unpaired) electrons. The van der Waals surface area contributed by atoms with Crippen LogP contribution in [0.4, 0.5) is 5.13 Å². The lowest BCUT2D eigenvalue weighted by Gasteiger charge is -2.04. The summed E-state index contributed by atoms with van der Waals surface area (Å²) in [4.78, 5) is 0. The highest BCUT2D eigenvalue weighted by molar-refractivity contribution is 8.01. The SMILES string of the molecule is CNc1nnc(SCCOc2ccc(C#N)cc2)s1. The highest BCUT2D eigenvalue weighted by Crippen LogP contribution is 2.24. The van der Waals surface area contributed by atoms with Crippen molar-refractivity contribution in [2.24, 2.45) is 0 Å². The Bertz CT molecular complexity index is 562. The summed E-state index contributed by atoms with van der Waals surface area (Å²) in [6.07, 6.45) is 0. The minimum Gasteiger partial charge on any atom is -0.493 e. The van der Waals surface area contributed by atoms with Gasteiger partial charge in [0.15, 0.2) is 4.34 Å². The molecule has 0 atom stereocenters. The van der Waals surface area contributed by atoms with E-state index in [0.29, 0.717) is 12.2 Å². The van der Waals surface area contributed by atoms with Crippen molar-refractivity contribution < 1.29 is 4.74 Å². The Labute approximate surface area is 119 Å². The first-order chi connectivity index (χ1) is 9.31. The number of hydrogen-bond donors (Lipinski definition) is 1. The van der Waals surface area contributed by atoms with E-state index in [1.165, 1.54) is 11.3 Å². The molecule has 0 fully saturated rings. The van der Waals surface area contributed by atoms with Crippen LogP contribution in [0.1, 0.15) is 5.56 Å². The summed E-state index contributed by atoms with van der Waals surface area (Å²) in [5.74, 6) is 1.58. The maximum atomic E-state index is 8.68. The van der Waals surface area contributed by atoms with Gasteiger partial charge in [0.05, 0.1) is 18.2 Å². The summed E-state index contributed by atoms with van der Waals surface area (Å²) in [5.41, 5.74) is 0.634. The van der Waals surface area contributed by atoms with Gasteiger partial charge in [-0.1, -0.05) is 23.1 Å². The first-order valence-electron chi connectivity index (χ1n) is 5.59. The molecule has 98 valence electrons. The van der Waals surface area contributed by atoms with Gasteiger partial charge in [0.25, 0.3) is 0 Å². The van der Waals surface area contributed by atoms with E-state index in [1.807, 2.05) is 7.05 Å². The van der Waals surface area contributed by atoms with E-state index in [4.69, 9.17) is 10.00 Å². The van der Waals surface area contributed by atoms with Crippen LogP contribution < -0.4 is 10.1 Å². The van der Waals surface area contributed by atoms with Gasteiger partial charge in [-0.05, 0) is 24.3 Å². The summed E-state index contributed by atoms with van der Waals surface area (Å²) in [6, 6.07) is 9.15. The monoisotopic (exact) mass is 292 g/mol. The normalized spacial score (nSPS) is 9.89. The van der Waals surface area contributed by atoms with E-state index >= 15 is 0 Å². The average Bonchev–Trinajstić information content (AvgIpc) is 2.92. The zero-order valence-corrected chi connectivity index (χ0v) is 11.9. The van der Waals surface area contributed by atoms with Gasteiger partial charge >= 0.3 is 0 Å². The lowest BCUT2D eigenvalue weighted by molar-refractivity contribution is 0.344.